The largest absolute Gasteiger partial charge is 0.390 e. The molecule has 3 aliphatic rings. The van der Waals surface area contributed by atoms with Crippen molar-refractivity contribution >= 4 is 29.9 Å². The zero-order valence-corrected chi connectivity index (χ0v) is 14.2. The summed E-state index contributed by atoms with van der Waals surface area (Å²) in [7, 11) is 1.62. The second-order valence-corrected chi connectivity index (χ2v) is 5.86. The molecule has 3 saturated heterocycles. The molecular weight excluding hydrogens is 398 g/mol. The maximum absolute atomic E-state index is 12.2. The quantitative estimate of drug-likeness (QED) is 0.424. The lowest BCUT2D eigenvalue weighted by Gasteiger charge is -2.23. The summed E-state index contributed by atoms with van der Waals surface area (Å²) in [5.74, 6) is 1.63. The van der Waals surface area contributed by atoms with Crippen LogP contribution in [0.1, 0.15) is 19.3 Å². The molecule has 4 nitrogen and oxygen atoms in total. The monoisotopic (exact) mass is 419 g/mol. The Labute approximate surface area is 139 Å². The van der Waals surface area contributed by atoms with Gasteiger partial charge in [0.1, 0.15) is 0 Å². The number of aliphatic imine (C=N–C) groups is 1. The summed E-state index contributed by atoms with van der Waals surface area (Å²) in [6.07, 6.45) is -2.01. The van der Waals surface area contributed by atoms with Crippen LogP contribution >= 0.6 is 24.0 Å². The molecule has 0 radical (unpaired) electrons. The van der Waals surface area contributed by atoms with E-state index < -0.39 is 12.6 Å². The zero-order valence-electron chi connectivity index (χ0n) is 11.9. The van der Waals surface area contributed by atoms with Crippen molar-refractivity contribution in [1.82, 2.24) is 10.2 Å². The van der Waals surface area contributed by atoms with Crippen molar-refractivity contribution in [3.8, 4) is 0 Å². The Morgan fingerprint density at radius 2 is 1.81 bits per heavy atom. The van der Waals surface area contributed by atoms with E-state index in [4.69, 9.17) is 4.74 Å². The van der Waals surface area contributed by atoms with Crippen LogP contribution in [0.25, 0.3) is 0 Å². The second kappa shape index (κ2) is 6.47. The SMILES string of the molecule is CN=C(NCCC(F)(F)F)N1CC2C3CCC(O3)C2C1.I. The van der Waals surface area contributed by atoms with Crippen molar-refractivity contribution in [2.75, 3.05) is 26.7 Å². The van der Waals surface area contributed by atoms with Crippen LogP contribution in [0, 0.1) is 11.8 Å². The Bertz CT molecular complexity index is 387. The van der Waals surface area contributed by atoms with Crippen LogP contribution in [-0.4, -0.2) is 55.9 Å². The predicted molar refractivity (Wildman–Crippen MR) is 83.9 cm³/mol. The summed E-state index contributed by atoms with van der Waals surface area (Å²) in [5, 5.41) is 2.82. The minimum atomic E-state index is -4.12. The first-order valence-corrected chi connectivity index (χ1v) is 7.16. The Hall–Kier alpha value is -0.250. The van der Waals surface area contributed by atoms with Gasteiger partial charge in [-0.15, -0.1) is 24.0 Å². The first-order chi connectivity index (χ1) is 9.48. The fourth-order valence-corrected chi connectivity index (χ4v) is 3.78. The van der Waals surface area contributed by atoms with Crippen LogP contribution in [0.3, 0.4) is 0 Å². The number of hydrogen-bond acceptors (Lipinski definition) is 2. The van der Waals surface area contributed by atoms with E-state index in [1.165, 1.54) is 0 Å². The van der Waals surface area contributed by atoms with Gasteiger partial charge in [0.05, 0.1) is 18.6 Å². The standard InChI is InChI=1S/C13H20F3N3O.HI/c1-17-12(18-5-4-13(14,15)16)19-6-8-9(7-19)11-3-2-10(8)20-11;/h8-11H,2-7H2,1H3,(H,17,18);1H. The fraction of sp³-hybridized carbons (Fsp3) is 0.923. The van der Waals surface area contributed by atoms with Gasteiger partial charge in [-0.2, -0.15) is 13.2 Å². The molecule has 0 aromatic heterocycles. The van der Waals surface area contributed by atoms with E-state index in [9.17, 15) is 13.2 Å². The first-order valence-electron chi connectivity index (χ1n) is 7.16. The number of halogens is 4. The smallest absolute Gasteiger partial charge is 0.374 e. The normalized spacial score (nSPS) is 34.9. The minimum Gasteiger partial charge on any atom is -0.374 e. The highest BCUT2D eigenvalue weighted by molar-refractivity contribution is 14.0. The Kier molecular flexibility index (Phi) is 5.27. The lowest BCUT2D eigenvalue weighted by atomic mass is 9.82. The molecule has 3 rings (SSSR count). The lowest BCUT2D eigenvalue weighted by molar-refractivity contribution is -0.132. The molecule has 3 heterocycles. The van der Waals surface area contributed by atoms with Crippen molar-refractivity contribution < 1.29 is 17.9 Å². The minimum absolute atomic E-state index is 0. The highest BCUT2D eigenvalue weighted by Crippen LogP contribution is 2.47. The number of hydrogen-bond donors (Lipinski definition) is 1. The molecule has 8 heteroatoms. The summed E-state index contributed by atoms with van der Waals surface area (Å²) in [6.45, 7) is 1.57. The number of rotatable bonds is 2. The molecule has 0 amide bonds. The molecule has 0 spiro atoms. The third-order valence-electron chi connectivity index (χ3n) is 4.66. The topological polar surface area (TPSA) is 36.9 Å². The number of guanidine groups is 1. The number of nitrogens with one attached hydrogen (secondary N) is 1. The Morgan fingerprint density at radius 3 is 2.29 bits per heavy atom. The van der Waals surface area contributed by atoms with Crippen molar-refractivity contribution in [1.29, 1.82) is 0 Å². The molecule has 3 fully saturated rings. The molecule has 0 aromatic carbocycles. The van der Waals surface area contributed by atoms with Crippen LogP contribution in [0.5, 0.6) is 0 Å². The lowest BCUT2D eigenvalue weighted by Crippen LogP contribution is -2.42. The van der Waals surface area contributed by atoms with Crippen molar-refractivity contribution in [2.24, 2.45) is 16.8 Å². The Balaban J connectivity index is 0.00000161. The average Bonchev–Trinajstić information content (AvgIpc) is 3.04. The molecule has 4 unspecified atom stereocenters. The highest BCUT2D eigenvalue weighted by atomic mass is 127. The molecule has 4 atom stereocenters. The van der Waals surface area contributed by atoms with Crippen LogP contribution in [0.2, 0.25) is 0 Å². The van der Waals surface area contributed by atoms with Crippen molar-refractivity contribution in [2.45, 2.75) is 37.6 Å². The molecule has 1 N–H and O–H groups in total. The van der Waals surface area contributed by atoms with Crippen LogP contribution in [0.15, 0.2) is 4.99 Å². The first kappa shape index (κ1) is 17.1. The highest BCUT2D eigenvalue weighted by Gasteiger charge is 2.53. The van der Waals surface area contributed by atoms with Gasteiger partial charge >= 0.3 is 6.18 Å². The molecule has 0 aliphatic carbocycles. The van der Waals surface area contributed by atoms with Gasteiger partial charge < -0.3 is 15.0 Å². The molecule has 2 bridgehead atoms. The van der Waals surface area contributed by atoms with E-state index in [2.05, 4.69) is 15.2 Å². The second-order valence-electron chi connectivity index (χ2n) is 5.86. The van der Waals surface area contributed by atoms with Crippen LogP contribution in [0.4, 0.5) is 13.2 Å². The fourth-order valence-electron chi connectivity index (χ4n) is 3.78. The molecule has 0 saturated carbocycles. The number of ether oxygens (including phenoxy) is 1. The molecule has 3 aliphatic heterocycles. The summed E-state index contributed by atoms with van der Waals surface area (Å²) in [5.41, 5.74) is 0. The van der Waals surface area contributed by atoms with Crippen LogP contribution < -0.4 is 5.32 Å². The van der Waals surface area contributed by atoms with Gasteiger partial charge in [0.2, 0.25) is 0 Å². The summed E-state index contributed by atoms with van der Waals surface area (Å²) in [4.78, 5) is 6.19. The van der Waals surface area contributed by atoms with Gasteiger partial charge in [-0.3, -0.25) is 4.99 Å². The third-order valence-corrected chi connectivity index (χ3v) is 4.66. The maximum atomic E-state index is 12.2. The predicted octanol–water partition coefficient (Wildman–Crippen LogP) is 2.24. The molecule has 122 valence electrons. The van der Waals surface area contributed by atoms with Crippen molar-refractivity contribution in [3.05, 3.63) is 0 Å². The van der Waals surface area contributed by atoms with Gasteiger partial charge in [0.25, 0.3) is 0 Å². The van der Waals surface area contributed by atoms with Gasteiger partial charge in [0, 0.05) is 38.5 Å². The van der Waals surface area contributed by atoms with Gasteiger partial charge in [-0.1, -0.05) is 0 Å². The van der Waals surface area contributed by atoms with Crippen molar-refractivity contribution in [3.63, 3.8) is 0 Å². The Morgan fingerprint density at radius 1 is 1.24 bits per heavy atom. The molecule has 0 aromatic rings. The summed E-state index contributed by atoms with van der Waals surface area (Å²) in [6, 6.07) is 0. The van der Waals surface area contributed by atoms with Gasteiger partial charge in [0.15, 0.2) is 5.96 Å². The van der Waals surface area contributed by atoms with Gasteiger partial charge in [-0.05, 0) is 12.8 Å². The van der Waals surface area contributed by atoms with E-state index >= 15 is 0 Å². The number of nitrogens with zero attached hydrogens (tertiary/aromatic N) is 2. The van der Waals surface area contributed by atoms with E-state index in [0.717, 1.165) is 25.9 Å². The zero-order chi connectivity index (χ0) is 14.3. The summed E-state index contributed by atoms with van der Waals surface area (Å²) >= 11 is 0. The number of likely N-dealkylation sites (tertiary alicyclic amines) is 1. The third kappa shape index (κ3) is 3.57. The van der Waals surface area contributed by atoms with E-state index in [1.54, 1.807) is 7.05 Å². The number of fused-ring (bicyclic) bond motifs is 5. The van der Waals surface area contributed by atoms with Gasteiger partial charge in [-0.25, -0.2) is 0 Å². The maximum Gasteiger partial charge on any atom is 0.390 e. The van der Waals surface area contributed by atoms with E-state index in [1.807, 2.05) is 0 Å². The van der Waals surface area contributed by atoms with E-state index in [-0.39, 0.29) is 30.5 Å². The number of alkyl halides is 3. The summed E-state index contributed by atoms with van der Waals surface area (Å²) < 4.78 is 42.4. The average molecular weight is 419 g/mol. The molecular formula is C13H21F3IN3O. The van der Waals surface area contributed by atoms with E-state index in [0.29, 0.717) is 30.0 Å². The molecule has 21 heavy (non-hydrogen) atoms. The van der Waals surface area contributed by atoms with Crippen LogP contribution in [-0.2, 0) is 4.74 Å².